The van der Waals surface area contributed by atoms with E-state index in [1.807, 2.05) is 20.0 Å². The van der Waals surface area contributed by atoms with Gasteiger partial charge in [-0.1, -0.05) is 13.8 Å². The third-order valence-corrected chi connectivity index (χ3v) is 3.79. The highest BCUT2D eigenvalue weighted by molar-refractivity contribution is 5.95. The summed E-state index contributed by atoms with van der Waals surface area (Å²) in [5.41, 5.74) is 1.59. The summed E-state index contributed by atoms with van der Waals surface area (Å²) in [5.74, 6) is 0.985. The van der Waals surface area contributed by atoms with Gasteiger partial charge in [0.2, 0.25) is 0 Å². The molecule has 1 aliphatic rings. The normalized spacial score (nSPS) is 21.0. The number of amides is 1. The maximum atomic E-state index is 12.3. The van der Waals surface area contributed by atoms with Crippen molar-refractivity contribution in [2.75, 3.05) is 19.0 Å². The first-order chi connectivity index (χ1) is 10.0. The van der Waals surface area contributed by atoms with Gasteiger partial charge >= 0.3 is 0 Å². The summed E-state index contributed by atoms with van der Waals surface area (Å²) < 4.78 is 5.51. The van der Waals surface area contributed by atoms with E-state index in [-0.39, 0.29) is 17.9 Å². The Hall–Kier alpha value is -1.62. The molecule has 0 aliphatic heterocycles. The van der Waals surface area contributed by atoms with Gasteiger partial charge in [-0.25, -0.2) is 4.98 Å². The molecule has 5 nitrogen and oxygen atoms in total. The largest absolute Gasteiger partial charge is 0.378 e. The van der Waals surface area contributed by atoms with Crippen molar-refractivity contribution in [3.63, 3.8) is 0 Å². The van der Waals surface area contributed by atoms with E-state index in [1.54, 1.807) is 6.07 Å². The lowest BCUT2D eigenvalue weighted by Gasteiger charge is -2.35. The molecule has 0 saturated heterocycles. The second-order valence-corrected chi connectivity index (χ2v) is 5.79. The van der Waals surface area contributed by atoms with Gasteiger partial charge in [0.05, 0.1) is 6.10 Å². The van der Waals surface area contributed by atoms with E-state index in [1.165, 1.54) is 0 Å². The first-order valence-corrected chi connectivity index (χ1v) is 7.65. The summed E-state index contributed by atoms with van der Waals surface area (Å²) in [7, 11) is 1.81. The number of ether oxygens (including phenoxy) is 1. The standard InChI is InChI=1S/C16H25N3O2/c1-5-21-13-8-12(9-13)18-16(20)11-6-14(10(2)3)19-15(7-11)17-4/h6-7,10,12-13H,5,8-9H2,1-4H3,(H,17,19)(H,18,20). The predicted octanol–water partition coefficient (Wildman–Crippen LogP) is 2.54. The number of carbonyl (C=O) groups excluding carboxylic acids is 1. The minimum Gasteiger partial charge on any atom is -0.378 e. The molecular formula is C16H25N3O2. The predicted molar refractivity (Wildman–Crippen MR) is 83.8 cm³/mol. The van der Waals surface area contributed by atoms with Crippen LogP contribution in [0.1, 0.15) is 55.6 Å². The third-order valence-electron chi connectivity index (χ3n) is 3.79. The van der Waals surface area contributed by atoms with Crippen LogP contribution in [-0.4, -0.2) is 36.7 Å². The van der Waals surface area contributed by atoms with Gasteiger partial charge in [-0.3, -0.25) is 4.79 Å². The summed E-state index contributed by atoms with van der Waals surface area (Å²) >= 11 is 0. The van der Waals surface area contributed by atoms with Crippen molar-refractivity contribution in [2.45, 2.75) is 51.7 Å². The summed E-state index contributed by atoms with van der Waals surface area (Å²) in [4.78, 5) is 16.8. The number of hydrogen-bond donors (Lipinski definition) is 2. The zero-order valence-electron chi connectivity index (χ0n) is 13.3. The summed E-state index contributed by atoms with van der Waals surface area (Å²) in [6.07, 6.45) is 2.11. The SMILES string of the molecule is CCOC1CC(NC(=O)c2cc(NC)nc(C(C)C)c2)C1. The Morgan fingerprint density at radius 2 is 2.14 bits per heavy atom. The molecular weight excluding hydrogens is 266 g/mol. The number of carbonyl (C=O) groups is 1. The van der Waals surface area contributed by atoms with Crippen molar-refractivity contribution in [2.24, 2.45) is 0 Å². The molecule has 2 N–H and O–H groups in total. The number of rotatable bonds is 6. The Labute approximate surface area is 126 Å². The van der Waals surface area contributed by atoms with Crippen LogP contribution >= 0.6 is 0 Å². The molecule has 116 valence electrons. The molecule has 0 unspecified atom stereocenters. The number of anilines is 1. The molecule has 0 bridgehead atoms. The van der Waals surface area contributed by atoms with Crippen LogP contribution in [0.25, 0.3) is 0 Å². The van der Waals surface area contributed by atoms with Gasteiger partial charge in [0.15, 0.2) is 0 Å². The van der Waals surface area contributed by atoms with Gasteiger partial charge in [0.25, 0.3) is 5.91 Å². The monoisotopic (exact) mass is 291 g/mol. The van der Waals surface area contributed by atoms with E-state index >= 15 is 0 Å². The first kappa shape index (κ1) is 15.8. The highest BCUT2D eigenvalue weighted by Gasteiger charge is 2.31. The Morgan fingerprint density at radius 3 is 2.71 bits per heavy atom. The van der Waals surface area contributed by atoms with Gasteiger partial charge in [-0.15, -0.1) is 0 Å². The number of aromatic nitrogens is 1. The zero-order chi connectivity index (χ0) is 15.4. The molecule has 1 aromatic heterocycles. The second kappa shape index (κ2) is 6.89. The fraction of sp³-hybridized carbons (Fsp3) is 0.625. The lowest BCUT2D eigenvalue weighted by Crippen LogP contribution is -2.47. The number of pyridine rings is 1. The van der Waals surface area contributed by atoms with Crippen LogP contribution in [0.4, 0.5) is 5.82 Å². The van der Waals surface area contributed by atoms with Crippen LogP contribution in [0.3, 0.4) is 0 Å². The molecule has 0 aromatic carbocycles. The fourth-order valence-electron chi connectivity index (χ4n) is 2.43. The molecule has 5 heteroatoms. The van der Waals surface area contributed by atoms with Crippen LogP contribution in [0.2, 0.25) is 0 Å². The molecule has 0 radical (unpaired) electrons. The highest BCUT2D eigenvalue weighted by Crippen LogP contribution is 2.24. The Morgan fingerprint density at radius 1 is 1.43 bits per heavy atom. The van der Waals surface area contributed by atoms with Crippen molar-refractivity contribution < 1.29 is 9.53 Å². The molecule has 1 aliphatic carbocycles. The van der Waals surface area contributed by atoms with Crippen molar-refractivity contribution >= 4 is 11.7 Å². The van der Waals surface area contributed by atoms with E-state index in [9.17, 15) is 4.79 Å². The van der Waals surface area contributed by atoms with Crippen molar-refractivity contribution in [3.05, 3.63) is 23.4 Å². The molecule has 1 fully saturated rings. The molecule has 0 atom stereocenters. The van der Waals surface area contributed by atoms with Gasteiger partial charge < -0.3 is 15.4 Å². The van der Waals surface area contributed by atoms with E-state index < -0.39 is 0 Å². The Kier molecular flexibility index (Phi) is 5.17. The minimum atomic E-state index is -0.0317. The summed E-state index contributed by atoms with van der Waals surface area (Å²) in [6, 6.07) is 3.89. The molecule has 1 saturated carbocycles. The van der Waals surface area contributed by atoms with E-state index in [0.29, 0.717) is 11.7 Å². The lowest BCUT2D eigenvalue weighted by atomic mass is 9.89. The van der Waals surface area contributed by atoms with Gasteiger partial charge in [-0.05, 0) is 37.8 Å². The Bertz CT molecular complexity index is 496. The van der Waals surface area contributed by atoms with Gasteiger partial charge in [-0.2, -0.15) is 0 Å². The maximum Gasteiger partial charge on any atom is 0.251 e. The quantitative estimate of drug-likeness (QED) is 0.845. The summed E-state index contributed by atoms with van der Waals surface area (Å²) in [5, 5.41) is 6.08. The van der Waals surface area contributed by atoms with Crippen LogP contribution in [0, 0.1) is 0 Å². The van der Waals surface area contributed by atoms with Crippen molar-refractivity contribution in [3.8, 4) is 0 Å². The average Bonchev–Trinajstić information content (AvgIpc) is 2.44. The van der Waals surface area contributed by atoms with E-state index in [2.05, 4.69) is 29.5 Å². The van der Waals surface area contributed by atoms with Crippen LogP contribution in [0.15, 0.2) is 12.1 Å². The van der Waals surface area contributed by atoms with E-state index in [0.717, 1.165) is 31.0 Å². The zero-order valence-corrected chi connectivity index (χ0v) is 13.3. The van der Waals surface area contributed by atoms with Crippen molar-refractivity contribution in [1.82, 2.24) is 10.3 Å². The average molecular weight is 291 g/mol. The molecule has 1 heterocycles. The number of nitrogens with zero attached hydrogens (tertiary/aromatic N) is 1. The fourth-order valence-corrected chi connectivity index (χ4v) is 2.43. The van der Waals surface area contributed by atoms with Crippen LogP contribution < -0.4 is 10.6 Å². The topological polar surface area (TPSA) is 63.2 Å². The van der Waals surface area contributed by atoms with Crippen molar-refractivity contribution in [1.29, 1.82) is 0 Å². The smallest absolute Gasteiger partial charge is 0.251 e. The molecule has 1 amide bonds. The maximum absolute atomic E-state index is 12.3. The number of hydrogen-bond acceptors (Lipinski definition) is 4. The van der Waals surface area contributed by atoms with Crippen LogP contribution in [-0.2, 0) is 4.74 Å². The molecule has 2 rings (SSSR count). The Balaban J connectivity index is 2.00. The number of nitrogens with one attached hydrogen (secondary N) is 2. The van der Waals surface area contributed by atoms with E-state index in [4.69, 9.17) is 4.74 Å². The van der Waals surface area contributed by atoms with Gasteiger partial charge in [0.1, 0.15) is 5.82 Å². The highest BCUT2D eigenvalue weighted by atomic mass is 16.5. The first-order valence-electron chi connectivity index (χ1n) is 7.65. The summed E-state index contributed by atoms with van der Waals surface area (Å²) in [6.45, 7) is 6.87. The molecule has 21 heavy (non-hydrogen) atoms. The third kappa shape index (κ3) is 3.94. The molecule has 0 spiro atoms. The van der Waals surface area contributed by atoms with Gasteiger partial charge in [0, 0.05) is 31.0 Å². The second-order valence-electron chi connectivity index (χ2n) is 5.79. The van der Waals surface area contributed by atoms with Crippen LogP contribution in [0.5, 0.6) is 0 Å². The molecule has 1 aromatic rings. The lowest BCUT2D eigenvalue weighted by molar-refractivity contribution is -0.00862. The minimum absolute atomic E-state index is 0.0317.